The summed E-state index contributed by atoms with van der Waals surface area (Å²) in [5.74, 6) is 5.38. The molecule has 0 heterocycles. The lowest BCUT2D eigenvalue weighted by Gasteiger charge is -2.39. The molecule has 0 rings (SSSR count). The first-order valence-corrected chi connectivity index (χ1v) is 7.00. The highest BCUT2D eigenvalue weighted by Gasteiger charge is 2.36. The first-order chi connectivity index (χ1) is 8.10. The Kier molecular flexibility index (Phi) is 6.40. The van der Waals surface area contributed by atoms with Crippen LogP contribution in [0.25, 0.3) is 0 Å². The summed E-state index contributed by atoms with van der Waals surface area (Å²) in [5, 5.41) is 0. The first-order valence-electron chi connectivity index (χ1n) is 7.00. The highest BCUT2D eigenvalue weighted by Crippen LogP contribution is 2.29. The van der Waals surface area contributed by atoms with Crippen molar-refractivity contribution in [2.24, 2.45) is 0 Å². The van der Waals surface area contributed by atoms with Crippen molar-refractivity contribution in [1.29, 1.82) is 0 Å². The highest BCUT2D eigenvalue weighted by atomic mass is 16.7. The van der Waals surface area contributed by atoms with Crippen molar-refractivity contribution >= 4 is 0 Å². The quantitative estimate of drug-likeness (QED) is 0.512. The van der Waals surface area contributed by atoms with Crippen LogP contribution in [-0.2, 0) is 9.47 Å². The van der Waals surface area contributed by atoms with Crippen LogP contribution in [-0.4, -0.2) is 17.0 Å². The van der Waals surface area contributed by atoms with Crippen LogP contribution in [0.15, 0.2) is 0 Å². The van der Waals surface area contributed by atoms with Gasteiger partial charge in [0.05, 0.1) is 11.2 Å². The van der Waals surface area contributed by atoms with Gasteiger partial charge in [-0.1, -0.05) is 26.7 Å². The summed E-state index contributed by atoms with van der Waals surface area (Å²) < 4.78 is 12.2. The third-order valence-corrected chi connectivity index (χ3v) is 3.14. The lowest BCUT2D eigenvalue weighted by molar-refractivity contribution is -0.277. The molecule has 0 saturated heterocycles. The molecule has 0 N–H and O–H groups in total. The number of hydrogen-bond donors (Lipinski definition) is 0. The smallest absolute Gasteiger partial charge is 0.231 e. The van der Waals surface area contributed by atoms with Gasteiger partial charge in [-0.05, 0) is 46.5 Å². The van der Waals surface area contributed by atoms with Gasteiger partial charge in [0.15, 0.2) is 0 Å². The minimum atomic E-state index is -0.838. The maximum Gasteiger partial charge on any atom is 0.231 e. The monoisotopic (exact) mass is 254 g/mol. The Morgan fingerprint density at radius 3 is 1.44 bits per heavy atom. The van der Waals surface area contributed by atoms with E-state index in [1.54, 1.807) is 0 Å². The molecule has 2 heteroatoms. The summed E-state index contributed by atoms with van der Waals surface area (Å²) in [4.78, 5) is 0. The Labute approximate surface area is 113 Å². The van der Waals surface area contributed by atoms with Crippen LogP contribution >= 0.6 is 0 Å². The Morgan fingerprint density at radius 2 is 1.17 bits per heavy atom. The van der Waals surface area contributed by atoms with Crippen LogP contribution in [0, 0.1) is 11.8 Å². The SMILES string of the molecule is CCC#CC(C)(OC(C)(C)CC)OC(C)(C)CC. The van der Waals surface area contributed by atoms with Gasteiger partial charge < -0.3 is 9.47 Å². The van der Waals surface area contributed by atoms with Crippen molar-refractivity contribution in [3.63, 3.8) is 0 Å². The molecule has 0 unspecified atom stereocenters. The summed E-state index contributed by atoms with van der Waals surface area (Å²) in [6.45, 7) is 16.5. The molecule has 106 valence electrons. The van der Waals surface area contributed by atoms with Gasteiger partial charge in [-0.15, -0.1) is 0 Å². The topological polar surface area (TPSA) is 18.5 Å². The lowest BCUT2D eigenvalue weighted by atomic mass is 10.0. The van der Waals surface area contributed by atoms with E-state index in [0.717, 1.165) is 19.3 Å². The second kappa shape index (κ2) is 6.59. The van der Waals surface area contributed by atoms with E-state index in [4.69, 9.17) is 9.47 Å². The molecule has 0 aromatic rings. The number of rotatable bonds is 6. The van der Waals surface area contributed by atoms with Crippen LogP contribution in [0.2, 0.25) is 0 Å². The van der Waals surface area contributed by atoms with Gasteiger partial charge in [0.25, 0.3) is 0 Å². The molecule has 18 heavy (non-hydrogen) atoms. The molecule has 0 fully saturated rings. The van der Waals surface area contributed by atoms with E-state index in [1.165, 1.54) is 0 Å². The van der Waals surface area contributed by atoms with Crippen LogP contribution in [0.1, 0.15) is 74.7 Å². The zero-order chi connectivity index (χ0) is 14.4. The molecular formula is C16H30O2. The van der Waals surface area contributed by atoms with Gasteiger partial charge in [-0.3, -0.25) is 0 Å². The predicted molar refractivity (Wildman–Crippen MR) is 77.4 cm³/mol. The van der Waals surface area contributed by atoms with Crippen molar-refractivity contribution in [1.82, 2.24) is 0 Å². The number of ether oxygens (including phenoxy) is 2. The number of hydrogen-bond acceptors (Lipinski definition) is 2. The van der Waals surface area contributed by atoms with Gasteiger partial charge >= 0.3 is 0 Å². The predicted octanol–water partition coefficient (Wildman–Crippen LogP) is 4.53. The van der Waals surface area contributed by atoms with Gasteiger partial charge in [0, 0.05) is 13.3 Å². The van der Waals surface area contributed by atoms with Crippen LogP contribution in [0.4, 0.5) is 0 Å². The Bertz CT molecular complexity index is 287. The molecule has 0 aromatic carbocycles. The normalized spacial score (nSPS) is 13.1. The maximum atomic E-state index is 6.12. The molecule has 0 aromatic heterocycles. The van der Waals surface area contributed by atoms with E-state index >= 15 is 0 Å². The Hall–Kier alpha value is -0.520. The average Bonchev–Trinajstić information content (AvgIpc) is 2.25. The zero-order valence-corrected chi connectivity index (χ0v) is 13.4. The van der Waals surface area contributed by atoms with Crippen LogP contribution in [0.5, 0.6) is 0 Å². The zero-order valence-electron chi connectivity index (χ0n) is 13.4. The fraction of sp³-hybridized carbons (Fsp3) is 0.875. The molecule has 2 nitrogen and oxygen atoms in total. The van der Waals surface area contributed by atoms with Gasteiger partial charge in [-0.25, -0.2) is 0 Å². The van der Waals surface area contributed by atoms with E-state index in [0.29, 0.717) is 0 Å². The molecular weight excluding hydrogens is 224 g/mol. The van der Waals surface area contributed by atoms with Crippen molar-refractivity contribution in [2.45, 2.75) is 91.6 Å². The van der Waals surface area contributed by atoms with E-state index in [-0.39, 0.29) is 11.2 Å². The van der Waals surface area contributed by atoms with Gasteiger partial charge in [0.2, 0.25) is 5.79 Å². The lowest BCUT2D eigenvalue weighted by Crippen LogP contribution is -2.45. The summed E-state index contributed by atoms with van der Waals surface area (Å²) in [5.41, 5.74) is -0.470. The molecule has 0 aliphatic rings. The van der Waals surface area contributed by atoms with Crippen LogP contribution in [0.3, 0.4) is 0 Å². The molecule has 0 aliphatic carbocycles. The third-order valence-electron chi connectivity index (χ3n) is 3.14. The first kappa shape index (κ1) is 17.5. The molecule has 0 spiro atoms. The fourth-order valence-corrected chi connectivity index (χ4v) is 1.52. The van der Waals surface area contributed by atoms with Crippen molar-refractivity contribution in [3.8, 4) is 11.8 Å². The second-order valence-corrected chi connectivity index (χ2v) is 6.03. The van der Waals surface area contributed by atoms with E-state index in [9.17, 15) is 0 Å². The molecule has 0 amide bonds. The largest absolute Gasteiger partial charge is 0.334 e. The van der Waals surface area contributed by atoms with E-state index in [1.807, 2.05) is 13.8 Å². The minimum Gasteiger partial charge on any atom is -0.334 e. The molecule has 0 aliphatic heterocycles. The van der Waals surface area contributed by atoms with Crippen LogP contribution < -0.4 is 0 Å². The third kappa shape index (κ3) is 6.42. The molecule has 0 bridgehead atoms. The average molecular weight is 254 g/mol. The summed E-state index contributed by atoms with van der Waals surface area (Å²) in [7, 11) is 0. The second-order valence-electron chi connectivity index (χ2n) is 6.03. The molecule has 0 saturated carbocycles. The van der Waals surface area contributed by atoms with E-state index in [2.05, 4.69) is 53.4 Å². The molecule has 0 atom stereocenters. The maximum absolute atomic E-state index is 6.12. The minimum absolute atomic E-state index is 0.235. The Morgan fingerprint density at radius 1 is 0.778 bits per heavy atom. The fourth-order valence-electron chi connectivity index (χ4n) is 1.52. The Balaban J connectivity index is 5.07. The highest BCUT2D eigenvalue weighted by molar-refractivity contribution is 5.09. The van der Waals surface area contributed by atoms with E-state index < -0.39 is 5.79 Å². The van der Waals surface area contributed by atoms with Gasteiger partial charge in [0.1, 0.15) is 0 Å². The van der Waals surface area contributed by atoms with Crippen molar-refractivity contribution in [3.05, 3.63) is 0 Å². The summed E-state index contributed by atoms with van der Waals surface area (Å²) >= 11 is 0. The molecule has 0 radical (unpaired) electrons. The van der Waals surface area contributed by atoms with Crippen molar-refractivity contribution in [2.75, 3.05) is 0 Å². The van der Waals surface area contributed by atoms with Crippen molar-refractivity contribution < 1.29 is 9.47 Å². The standard InChI is InChI=1S/C16H30O2/c1-9-12-13-16(8,17-14(4,5)10-2)18-15(6,7)11-3/h9-11H2,1-8H3. The summed E-state index contributed by atoms with van der Waals surface area (Å²) in [6.07, 6.45) is 2.65. The summed E-state index contributed by atoms with van der Waals surface area (Å²) in [6, 6.07) is 0. The van der Waals surface area contributed by atoms with Gasteiger partial charge in [-0.2, -0.15) is 0 Å².